The van der Waals surface area contributed by atoms with E-state index in [2.05, 4.69) is 86.5 Å². The second-order valence-electron chi connectivity index (χ2n) is 7.02. The summed E-state index contributed by atoms with van der Waals surface area (Å²) >= 11 is 7.17. The summed E-state index contributed by atoms with van der Waals surface area (Å²) in [6.45, 7) is 2.62. The normalized spacial score (nSPS) is 16.3. The summed E-state index contributed by atoms with van der Waals surface area (Å²) in [5.41, 5.74) is 3.81. The number of rotatable bonds is 7. The van der Waals surface area contributed by atoms with E-state index in [1.807, 2.05) is 0 Å². The van der Waals surface area contributed by atoms with Crippen molar-refractivity contribution in [2.45, 2.75) is 18.9 Å². The van der Waals surface area contributed by atoms with Gasteiger partial charge in [-0.05, 0) is 99.8 Å². The molecule has 0 saturated carbocycles. The second kappa shape index (κ2) is 9.41. The molecular formula is C21H26Br2N2O2. The third-order valence-electron chi connectivity index (χ3n) is 4.76. The first-order valence-electron chi connectivity index (χ1n) is 9.16. The molecular weight excluding hydrogens is 472 g/mol. The Morgan fingerprint density at radius 1 is 1.11 bits per heavy atom. The lowest BCUT2D eigenvalue weighted by Gasteiger charge is -2.29. The van der Waals surface area contributed by atoms with Gasteiger partial charge in [-0.2, -0.15) is 0 Å². The molecule has 1 N–H and O–H groups in total. The van der Waals surface area contributed by atoms with Crippen molar-refractivity contribution in [3.63, 3.8) is 0 Å². The van der Waals surface area contributed by atoms with Crippen LogP contribution < -0.4 is 14.8 Å². The maximum absolute atomic E-state index is 6.08. The molecule has 6 heteroatoms. The van der Waals surface area contributed by atoms with E-state index in [9.17, 15) is 0 Å². The molecule has 0 aliphatic carbocycles. The first-order chi connectivity index (χ1) is 13.0. The summed E-state index contributed by atoms with van der Waals surface area (Å²) < 4.78 is 13.8. The van der Waals surface area contributed by atoms with E-state index in [1.54, 1.807) is 7.11 Å². The highest BCUT2D eigenvalue weighted by Gasteiger charge is 2.24. The van der Waals surface area contributed by atoms with E-state index in [0.29, 0.717) is 6.61 Å². The molecule has 1 unspecified atom stereocenters. The number of nitrogens with zero attached hydrogens (tertiary/aromatic N) is 1. The van der Waals surface area contributed by atoms with Crippen LogP contribution in [0.15, 0.2) is 39.3 Å². The third-order valence-corrected chi connectivity index (χ3v) is 6.64. The van der Waals surface area contributed by atoms with Crippen molar-refractivity contribution in [3.05, 3.63) is 56.0 Å². The van der Waals surface area contributed by atoms with Crippen molar-refractivity contribution < 1.29 is 9.47 Å². The number of hydrogen-bond acceptors (Lipinski definition) is 4. The molecule has 4 nitrogen and oxygen atoms in total. The Bertz CT molecular complexity index is 796. The standard InChI is InChI=1S/C21H26Br2N2O2/c1-25(2)9-4-10-27-20-13-16-14(12-19(20)26-3)7-8-24-21(16)15-5-6-17(22)18(23)11-15/h5-6,11-13,21,24H,4,7-10H2,1-3H3. The Labute approximate surface area is 178 Å². The highest BCUT2D eigenvalue weighted by Crippen LogP contribution is 2.38. The molecule has 0 fully saturated rings. The van der Waals surface area contributed by atoms with Gasteiger partial charge >= 0.3 is 0 Å². The van der Waals surface area contributed by atoms with Gasteiger partial charge in [0.15, 0.2) is 11.5 Å². The van der Waals surface area contributed by atoms with Gasteiger partial charge in [-0.1, -0.05) is 6.07 Å². The zero-order valence-electron chi connectivity index (χ0n) is 16.0. The van der Waals surface area contributed by atoms with E-state index in [-0.39, 0.29) is 6.04 Å². The molecule has 0 bridgehead atoms. The van der Waals surface area contributed by atoms with Crippen molar-refractivity contribution in [2.75, 3.05) is 40.9 Å². The molecule has 0 saturated heterocycles. The number of nitrogens with one attached hydrogen (secondary N) is 1. The van der Waals surface area contributed by atoms with Crippen molar-refractivity contribution >= 4 is 31.9 Å². The third kappa shape index (κ3) is 5.05. The largest absolute Gasteiger partial charge is 0.493 e. The maximum Gasteiger partial charge on any atom is 0.161 e. The molecule has 1 atom stereocenters. The Hall–Kier alpha value is -1.08. The minimum absolute atomic E-state index is 0.146. The van der Waals surface area contributed by atoms with Crippen LogP contribution in [0, 0.1) is 0 Å². The van der Waals surface area contributed by atoms with Gasteiger partial charge in [0.1, 0.15) is 0 Å². The fraction of sp³-hybridized carbons (Fsp3) is 0.429. The molecule has 2 aromatic carbocycles. The van der Waals surface area contributed by atoms with Crippen LogP contribution >= 0.6 is 31.9 Å². The zero-order valence-corrected chi connectivity index (χ0v) is 19.2. The fourth-order valence-electron chi connectivity index (χ4n) is 3.39. The van der Waals surface area contributed by atoms with E-state index >= 15 is 0 Å². The van der Waals surface area contributed by atoms with Crippen LogP contribution in [-0.4, -0.2) is 45.8 Å². The number of hydrogen-bond donors (Lipinski definition) is 1. The number of ether oxygens (including phenoxy) is 2. The fourth-order valence-corrected chi connectivity index (χ4v) is 4.03. The molecule has 3 rings (SSSR count). The van der Waals surface area contributed by atoms with Crippen LogP contribution in [0.3, 0.4) is 0 Å². The van der Waals surface area contributed by atoms with Crippen molar-refractivity contribution in [1.82, 2.24) is 10.2 Å². The van der Waals surface area contributed by atoms with Gasteiger partial charge in [-0.15, -0.1) is 0 Å². The monoisotopic (exact) mass is 496 g/mol. The smallest absolute Gasteiger partial charge is 0.161 e. The number of benzene rings is 2. The van der Waals surface area contributed by atoms with Gasteiger partial charge in [-0.25, -0.2) is 0 Å². The van der Waals surface area contributed by atoms with E-state index in [0.717, 1.165) is 46.4 Å². The van der Waals surface area contributed by atoms with Crippen LogP contribution in [0.4, 0.5) is 0 Å². The van der Waals surface area contributed by atoms with Crippen LogP contribution in [-0.2, 0) is 6.42 Å². The molecule has 0 spiro atoms. The second-order valence-corrected chi connectivity index (χ2v) is 8.73. The topological polar surface area (TPSA) is 33.7 Å². The van der Waals surface area contributed by atoms with Crippen molar-refractivity contribution in [3.8, 4) is 11.5 Å². The van der Waals surface area contributed by atoms with Crippen molar-refractivity contribution in [2.24, 2.45) is 0 Å². The van der Waals surface area contributed by atoms with Gasteiger partial charge in [0.2, 0.25) is 0 Å². The molecule has 1 aliphatic heterocycles. The number of halogens is 2. The van der Waals surface area contributed by atoms with E-state index in [4.69, 9.17) is 9.47 Å². The van der Waals surface area contributed by atoms with Crippen LogP contribution in [0.1, 0.15) is 29.2 Å². The number of methoxy groups -OCH3 is 1. The quantitative estimate of drug-likeness (QED) is 0.558. The van der Waals surface area contributed by atoms with E-state index < -0.39 is 0 Å². The van der Waals surface area contributed by atoms with Crippen LogP contribution in [0.5, 0.6) is 11.5 Å². The summed E-state index contributed by atoms with van der Waals surface area (Å²) in [6.07, 6.45) is 1.97. The molecule has 1 heterocycles. The predicted molar refractivity (Wildman–Crippen MR) is 117 cm³/mol. The lowest BCUT2D eigenvalue weighted by molar-refractivity contribution is 0.267. The molecule has 0 radical (unpaired) electrons. The molecule has 0 amide bonds. The summed E-state index contributed by atoms with van der Waals surface area (Å²) in [4.78, 5) is 2.17. The Morgan fingerprint density at radius 3 is 2.63 bits per heavy atom. The van der Waals surface area contributed by atoms with Crippen LogP contribution in [0.2, 0.25) is 0 Å². The summed E-state index contributed by atoms with van der Waals surface area (Å²) in [7, 11) is 5.86. The van der Waals surface area contributed by atoms with Crippen LogP contribution in [0.25, 0.3) is 0 Å². The summed E-state index contributed by atoms with van der Waals surface area (Å²) in [5, 5.41) is 3.65. The van der Waals surface area contributed by atoms with E-state index in [1.165, 1.54) is 16.7 Å². The van der Waals surface area contributed by atoms with Gasteiger partial charge in [0, 0.05) is 22.0 Å². The van der Waals surface area contributed by atoms with Gasteiger partial charge < -0.3 is 19.7 Å². The molecule has 2 aromatic rings. The van der Waals surface area contributed by atoms with Gasteiger partial charge in [0.25, 0.3) is 0 Å². The molecule has 27 heavy (non-hydrogen) atoms. The maximum atomic E-state index is 6.08. The van der Waals surface area contributed by atoms with Gasteiger partial charge in [-0.3, -0.25) is 0 Å². The average Bonchev–Trinajstić information content (AvgIpc) is 2.66. The zero-order chi connectivity index (χ0) is 19.4. The lowest BCUT2D eigenvalue weighted by atomic mass is 9.89. The molecule has 1 aliphatic rings. The molecule has 146 valence electrons. The average molecular weight is 498 g/mol. The van der Waals surface area contributed by atoms with Gasteiger partial charge in [0.05, 0.1) is 19.8 Å². The lowest BCUT2D eigenvalue weighted by Crippen LogP contribution is -2.30. The van der Waals surface area contributed by atoms with Crippen molar-refractivity contribution in [1.29, 1.82) is 0 Å². The first-order valence-corrected chi connectivity index (χ1v) is 10.7. The summed E-state index contributed by atoms with van der Waals surface area (Å²) in [6, 6.07) is 10.8. The minimum atomic E-state index is 0.146. The SMILES string of the molecule is COc1cc2c(cc1OCCCN(C)C)C(c1ccc(Br)c(Br)c1)NCC2. The summed E-state index contributed by atoms with van der Waals surface area (Å²) in [5.74, 6) is 1.64. The molecule has 0 aromatic heterocycles. The Morgan fingerprint density at radius 2 is 1.93 bits per heavy atom. The highest BCUT2D eigenvalue weighted by molar-refractivity contribution is 9.13. The predicted octanol–water partition coefficient (Wildman–Crippen LogP) is 4.79. The first kappa shape index (κ1) is 20.6. The minimum Gasteiger partial charge on any atom is -0.493 e. The number of fused-ring (bicyclic) bond motifs is 1. The Balaban J connectivity index is 1.88. The highest BCUT2D eigenvalue weighted by atomic mass is 79.9. The Kier molecular flexibility index (Phi) is 7.20.